The Bertz CT molecular complexity index is 474. The molecule has 112 valence electrons. The zero-order valence-corrected chi connectivity index (χ0v) is 10.9. The molecule has 0 bridgehead atoms. The van der Waals surface area contributed by atoms with Gasteiger partial charge in [0.1, 0.15) is 5.82 Å². The number of rotatable bonds is 6. The van der Waals surface area contributed by atoms with Crippen molar-refractivity contribution >= 4 is 5.97 Å². The lowest BCUT2D eigenvalue weighted by molar-refractivity contribution is -0.147. The topological polar surface area (TPSA) is 40.5 Å². The zero-order valence-electron chi connectivity index (χ0n) is 10.9. The van der Waals surface area contributed by atoms with Crippen LogP contribution in [0.5, 0.6) is 0 Å². The number of carboxylic acids is 1. The molecule has 0 unspecified atom stereocenters. The average molecular weight is 293 g/mol. The van der Waals surface area contributed by atoms with Gasteiger partial charge in [0, 0.05) is 12.1 Å². The summed E-state index contributed by atoms with van der Waals surface area (Å²) in [5.41, 5.74) is -0.184. The maximum Gasteiger partial charge on any atom is 0.401 e. The molecule has 0 aliphatic heterocycles. The normalized spacial score (nSPS) is 11.9. The number of aromatic carboxylic acids is 1. The van der Waals surface area contributed by atoms with Crippen molar-refractivity contribution in [1.29, 1.82) is 0 Å². The summed E-state index contributed by atoms with van der Waals surface area (Å²) in [6.45, 7) is 0.576. The molecule has 0 aromatic heterocycles. The molecular weight excluding hydrogens is 278 g/mol. The first-order valence-corrected chi connectivity index (χ1v) is 6.03. The maximum absolute atomic E-state index is 13.7. The Hall–Kier alpha value is -1.63. The number of halogens is 4. The smallest absolute Gasteiger partial charge is 0.401 e. The average Bonchev–Trinajstić information content (AvgIpc) is 2.29. The number of hydrogen-bond donors (Lipinski definition) is 1. The van der Waals surface area contributed by atoms with Crippen molar-refractivity contribution in [1.82, 2.24) is 4.90 Å². The molecule has 0 fully saturated rings. The third-order valence-electron chi connectivity index (χ3n) is 2.64. The van der Waals surface area contributed by atoms with Crippen LogP contribution in [-0.2, 0) is 6.54 Å². The second kappa shape index (κ2) is 6.69. The number of nitrogens with zero attached hydrogens (tertiary/aromatic N) is 1. The predicted octanol–water partition coefficient (Wildman–Crippen LogP) is 3.30. The highest BCUT2D eigenvalue weighted by molar-refractivity contribution is 5.87. The van der Waals surface area contributed by atoms with Gasteiger partial charge >= 0.3 is 12.1 Å². The largest absolute Gasteiger partial charge is 0.478 e. The summed E-state index contributed by atoms with van der Waals surface area (Å²) in [5.74, 6) is -2.09. The van der Waals surface area contributed by atoms with Crippen LogP contribution in [0.3, 0.4) is 0 Å². The first-order chi connectivity index (χ1) is 9.23. The zero-order chi connectivity index (χ0) is 15.3. The van der Waals surface area contributed by atoms with Gasteiger partial charge < -0.3 is 5.11 Å². The summed E-state index contributed by atoms with van der Waals surface area (Å²) >= 11 is 0. The van der Waals surface area contributed by atoms with Gasteiger partial charge in [-0.1, -0.05) is 13.0 Å². The van der Waals surface area contributed by atoms with Crippen molar-refractivity contribution in [3.05, 3.63) is 35.1 Å². The molecule has 7 heteroatoms. The molecule has 1 aromatic carbocycles. The lowest BCUT2D eigenvalue weighted by Gasteiger charge is -2.23. The first-order valence-electron chi connectivity index (χ1n) is 6.03. The van der Waals surface area contributed by atoms with Crippen molar-refractivity contribution in [3.8, 4) is 0 Å². The van der Waals surface area contributed by atoms with E-state index in [1.54, 1.807) is 6.92 Å². The monoisotopic (exact) mass is 293 g/mol. The van der Waals surface area contributed by atoms with Crippen molar-refractivity contribution in [2.24, 2.45) is 0 Å². The first kappa shape index (κ1) is 16.4. The van der Waals surface area contributed by atoms with Gasteiger partial charge in [-0.25, -0.2) is 9.18 Å². The summed E-state index contributed by atoms with van der Waals surface area (Å²) < 4.78 is 50.8. The van der Waals surface area contributed by atoms with E-state index in [4.69, 9.17) is 5.11 Å². The van der Waals surface area contributed by atoms with Crippen LogP contribution in [0.2, 0.25) is 0 Å². The van der Waals surface area contributed by atoms with Gasteiger partial charge in [0.2, 0.25) is 0 Å². The SMILES string of the molecule is CCCN(Cc1ccc(C(=O)O)cc1F)CC(F)(F)F. The van der Waals surface area contributed by atoms with Crippen LogP contribution in [0.1, 0.15) is 29.3 Å². The minimum Gasteiger partial charge on any atom is -0.478 e. The van der Waals surface area contributed by atoms with Crippen molar-refractivity contribution in [2.45, 2.75) is 26.1 Å². The van der Waals surface area contributed by atoms with Crippen LogP contribution in [-0.4, -0.2) is 35.2 Å². The molecule has 0 amide bonds. The minimum atomic E-state index is -4.35. The Morgan fingerprint density at radius 1 is 1.35 bits per heavy atom. The van der Waals surface area contributed by atoms with E-state index in [0.717, 1.165) is 11.0 Å². The van der Waals surface area contributed by atoms with E-state index in [9.17, 15) is 22.4 Å². The van der Waals surface area contributed by atoms with Gasteiger partial charge in [-0.2, -0.15) is 13.2 Å². The standard InChI is InChI=1S/C13H15F4NO2/c1-2-5-18(8-13(15,16)17)7-10-4-3-9(12(19)20)6-11(10)14/h3-4,6H,2,5,7-8H2,1H3,(H,19,20). The van der Waals surface area contributed by atoms with Crippen LogP contribution >= 0.6 is 0 Å². The fourth-order valence-electron chi connectivity index (χ4n) is 1.83. The summed E-state index contributed by atoms with van der Waals surface area (Å²) in [4.78, 5) is 11.7. The molecule has 0 atom stereocenters. The number of carboxylic acid groups (broad SMARTS) is 1. The molecule has 0 spiro atoms. The van der Waals surface area contributed by atoms with E-state index in [-0.39, 0.29) is 24.2 Å². The molecule has 1 aromatic rings. The van der Waals surface area contributed by atoms with Crippen LogP contribution in [0.15, 0.2) is 18.2 Å². The lowest BCUT2D eigenvalue weighted by Crippen LogP contribution is -2.34. The number of carbonyl (C=O) groups is 1. The Balaban J connectivity index is 2.85. The Kier molecular flexibility index (Phi) is 5.50. The van der Waals surface area contributed by atoms with Gasteiger partial charge in [-0.05, 0) is 25.1 Å². The lowest BCUT2D eigenvalue weighted by atomic mass is 10.1. The van der Waals surface area contributed by atoms with Crippen LogP contribution in [0.25, 0.3) is 0 Å². The van der Waals surface area contributed by atoms with E-state index >= 15 is 0 Å². The van der Waals surface area contributed by atoms with Gasteiger partial charge in [0.25, 0.3) is 0 Å². The highest BCUT2D eigenvalue weighted by Gasteiger charge is 2.30. The van der Waals surface area contributed by atoms with Crippen molar-refractivity contribution in [2.75, 3.05) is 13.1 Å². The quantitative estimate of drug-likeness (QED) is 0.818. The van der Waals surface area contributed by atoms with Gasteiger partial charge in [-0.15, -0.1) is 0 Å². The number of benzene rings is 1. The van der Waals surface area contributed by atoms with E-state index in [2.05, 4.69) is 0 Å². The molecule has 0 saturated carbocycles. The second-order valence-corrected chi connectivity index (χ2v) is 4.44. The highest BCUT2D eigenvalue weighted by atomic mass is 19.4. The summed E-state index contributed by atoms with van der Waals surface area (Å²) in [6.07, 6.45) is -3.85. The number of alkyl halides is 3. The van der Waals surface area contributed by atoms with Gasteiger partial charge in [-0.3, -0.25) is 4.90 Å². The highest BCUT2D eigenvalue weighted by Crippen LogP contribution is 2.20. The molecule has 20 heavy (non-hydrogen) atoms. The fourth-order valence-corrected chi connectivity index (χ4v) is 1.83. The summed E-state index contributed by atoms with van der Waals surface area (Å²) in [6, 6.07) is 3.20. The fraction of sp³-hybridized carbons (Fsp3) is 0.462. The Morgan fingerprint density at radius 3 is 2.45 bits per heavy atom. The minimum absolute atomic E-state index is 0.0488. The van der Waals surface area contributed by atoms with Crippen molar-refractivity contribution in [3.63, 3.8) is 0 Å². The third kappa shape index (κ3) is 5.16. The maximum atomic E-state index is 13.7. The van der Waals surface area contributed by atoms with E-state index in [1.807, 2.05) is 0 Å². The molecule has 1 rings (SSSR count). The van der Waals surface area contributed by atoms with Gasteiger partial charge in [0.05, 0.1) is 12.1 Å². The molecule has 0 aliphatic carbocycles. The van der Waals surface area contributed by atoms with Crippen LogP contribution in [0.4, 0.5) is 17.6 Å². The van der Waals surface area contributed by atoms with Gasteiger partial charge in [0.15, 0.2) is 0 Å². The van der Waals surface area contributed by atoms with E-state index in [1.165, 1.54) is 12.1 Å². The number of hydrogen-bond acceptors (Lipinski definition) is 2. The third-order valence-corrected chi connectivity index (χ3v) is 2.64. The summed E-state index contributed by atoms with van der Waals surface area (Å²) in [7, 11) is 0. The van der Waals surface area contributed by atoms with E-state index in [0.29, 0.717) is 6.42 Å². The molecule has 1 N–H and O–H groups in total. The molecule has 0 heterocycles. The van der Waals surface area contributed by atoms with Crippen molar-refractivity contribution < 1.29 is 27.5 Å². The van der Waals surface area contributed by atoms with E-state index < -0.39 is 24.5 Å². The Labute approximate surface area is 113 Å². The molecule has 0 saturated heterocycles. The second-order valence-electron chi connectivity index (χ2n) is 4.44. The molecule has 0 aliphatic rings. The molecule has 0 radical (unpaired) electrons. The molecule has 3 nitrogen and oxygen atoms in total. The molecular formula is C13H15F4NO2. The predicted molar refractivity (Wildman–Crippen MR) is 65.0 cm³/mol. The van der Waals surface area contributed by atoms with Crippen LogP contribution < -0.4 is 0 Å². The van der Waals surface area contributed by atoms with Crippen LogP contribution in [0, 0.1) is 5.82 Å². The summed E-state index contributed by atoms with van der Waals surface area (Å²) in [5, 5.41) is 8.69. The Morgan fingerprint density at radius 2 is 2.00 bits per heavy atom.